The molecular weight excluding hydrogens is 228 g/mol. The van der Waals surface area contributed by atoms with E-state index < -0.39 is 0 Å². The van der Waals surface area contributed by atoms with E-state index in [2.05, 4.69) is 10.1 Å². The van der Waals surface area contributed by atoms with Crippen LogP contribution in [0.1, 0.15) is 43.9 Å². The van der Waals surface area contributed by atoms with Crippen LogP contribution in [0, 0.1) is 0 Å². The Morgan fingerprint density at radius 2 is 2.00 bits per heavy atom. The van der Waals surface area contributed by atoms with Gasteiger partial charge in [0.15, 0.2) is 0 Å². The zero-order valence-corrected chi connectivity index (χ0v) is 10.2. The third-order valence-corrected chi connectivity index (χ3v) is 3.50. The Bertz CT molecular complexity index is 530. The van der Waals surface area contributed by atoms with Gasteiger partial charge in [0.2, 0.25) is 11.7 Å². The summed E-state index contributed by atoms with van der Waals surface area (Å²) in [5.41, 5.74) is 0.792. The van der Waals surface area contributed by atoms with Crippen LogP contribution in [0.3, 0.4) is 0 Å². The lowest BCUT2D eigenvalue weighted by Gasteiger charge is -2.17. The normalized spacial score (nSPS) is 16.9. The maximum Gasteiger partial charge on any atom is 0.230 e. The lowest BCUT2D eigenvalue weighted by Crippen LogP contribution is -2.04. The van der Waals surface area contributed by atoms with Gasteiger partial charge in [0, 0.05) is 11.5 Å². The van der Waals surface area contributed by atoms with Crippen LogP contribution in [0.15, 0.2) is 28.8 Å². The molecule has 1 fully saturated rings. The molecule has 1 aliphatic carbocycles. The van der Waals surface area contributed by atoms with Crippen molar-refractivity contribution < 1.29 is 9.63 Å². The minimum absolute atomic E-state index is 0.219. The van der Waals surface area contributed by atoms with Gasteiger partial charge >= 0.3 is 0 Å². The Balaban J connectivity index is 1.84. The van der Waals surface area contributed by atoms with Gasteiger partial charge in [-0.3, -0.25) is 0 Å². The van der Waals surface area contributed by atoms with Crippen molar-refractivity contribution in [3.63, 3.8) is 0 Å². The minimum atomic E-state index is 0.219. The molecule has 0 saturated heterocycles. The summed E-state index contributed by atoms with van der Waals surface area (Å²) in [5, 5.41) is 13.4. The van der Waals surface area contributed by atoms with E-state index in [1.54, 1.807) is 18.2 Å². The summed E-state index contributed by atoms with van der Waals surface area (Å²) in [5.74, 6) is 1.94. The molecule has 1 saturated carbocycles. The average molecular weight is 244 g/mol. The Morgan fingerprint density at radius 3 is 2.78 bits per heavy atom. The molecular formula is C14H16N2O2. The molecule has 0 amide bonds. The number of aromatic hydroxyl groups is 1. The molecule has 0 spiro atoms. The van der Waals surface area contributed by atoms with Gasteiger partial charge in [-0.25, -0.2) is 0 Å². The maximum absolute atomic E-state index is 9.44. The molecule has 1 aromatic carbocycles. The first-order valence-corrected chi connectivity index (χ1v) is 6.46. The summed E-state index contributed by atoms with van der Waals surface area (Å²) in [6, 6.07) is 6.93. The third-order valence-electron chi connectivity index (χ3n) is 3.50. The SMILES string of the molecule is Oc1cccc(-c2noc(C3CCCCC3)n2)c1. The van der Waals surface area contributed by atoms with Gasteiger partial charge in [-0.15, -0.1) is 0 Å². The quantitative estimate of drug-likeness (QED) is 0.878. The molecule has 0 radical (unpaired) electrons. The Labute approximate surface area is 106 Å². The van der Waals surface area contributed by atoms with Crippen LogP contribution < -0.4 is 0 Å². The van der Waals surface area contributed by atoms with Crippen molar-refractivity contribution in [3.05, 3.63) is 30.2 Å². The summed E-state index contributed by atoms with van der Waals surface area (Å²) in [6.45, 7) is 0. The maximum atomic E-state index is 9.44. The van der Waals surface area contributed by atoms with Crippen LogP contribution in [0.4, 0.5) is 0 Å². The zero-order chi connectivity index (χ0) is 12.4. The number of aromatic nitrogens is 2. The first-order chi connectivity index (χ1) is 8.83. The summed E-state index contributed by atoms with van der Waals surface area (Å²) < 4.78 is 5.36. The van der Waals surface area contributed by atoms with E-state index >= 15 is 0 Å². The van der Waals surface area contributed by atoms with Gasteiger partial charge in [-0.2, -0.15) is 4.98 Å². The fourth-order valence-electron chi connectivity index (χ4n) is 2.51. The van der Waals surface area contributed by atoms with Crippen LogP contribution in [0.25, 0.3) is 11.4 Å². The number of rotatable bonds is 2. The van der Waals surface area contributed by atoms with Crippen molar-refractivity contribution in [2.24, 2.45) is 0 Å². The van der Waals surface area contributed by atoms with Crippen molar-refractivity contribution in [1.29, 1.82) is 0 Å². The second kappa shape index (κ2) is 4.80. The monoisotopic (exact) mass is 244 g/mol. The second-order valence-corrected chi connectivity index (χ2v) is 4.84. The topological polar surface area (TPSA) is 59.2 Å². The van der Waals surface area contributed by atoms with Crippen LogP contribution in [0.2, 0.25) is 0 Å². The highest BCUT2D eigenvalue weighted by molar-refractivity contribution is 5.56. The molecule has 0 aliphatic heterocycles. The number of phenolic OH excluding ortho intramolecular Hbond substituents is 1. The molecule has 1 heterocycles. The molecule has 0 unspecified atom stereocenters. The average Bonchev–Trinajstić information content (AvgIpc) is 2.89. The molecule has 4 nitrogen and oxygen atoms in total. The predicted octanol–water partition coefficient (Wildman–Crippen LogP) is 3.49. The molecule has 4 heteroatoms. The van der Waals surface area contributed by atoms with Gasteiger partial charge in [0.1, 0.15) is 5.75 Å². The molecule has 3 rings (SSSR count). The summed E-state index contributed by atoms with van der Waals surface area (Å²) in [6.07, 6.45) is 6.08. The van der Waals surface area contributed by atoms with E-state index in [-0.39, 0.29) is 5.75 Å². The number of benzene rings is 1. The van der Waals surface area contributed by atoms with E-state index in [0.29, 0.717) is 11.7 Å². The fraction of sp³-hybridized carbons (Fsp3) is 0.429. The van der Waals surface area contributed by atoms with Crippen LogP contribution in [-0.2, 0) is 0 Å². The molecule has 2 aromatic rings. The Morgan fingerprint density at radius 1 is 1.17 bits per heavy atom. The minimum Gasteiger partial charge on any atom is -0.508 e. The molecule has 94 valence electrons. The lowest BCUT2D eigenvalue weighted by molar-refractivity contribution is 0.314. The molecule has 1 aromatic heterocycles. The van der Waals surface area contributed by atoms with Crippen LogP contribution >= 0.6 is 0 Å². The van der Waals surface area contributed by atoms with Gasteiger partial charge in [-0.1, -0.05) is 36.6 Å². The third kappa shape index (κ3) is 2.23. The van der Waals surface area contributed by atoms with Gasteiger partial charge in [-0.05, 0) is 25.0 Å². The summed E-state index contributed by atoms with van der Waals surface area (Å²) in [7, 11) is 0. The Kier molecular flexibility index (Phi) is 3.00. The number of phenols is 1. The first-order valence-electron chi connectivity index (χ1n) is 6.46. The van der Waals surface area contributed by atoms with Gasteiger partial charge < -0.3 is 9.63 Å². The van der Waals surface area contributed by atoms with E-state index in [0.717, 1.165) is 24.3 Å². The summed E-state index contributed by atoms with van der Waals surface area (Å²) in [4.78, 5) is 4.46. The highest BCUT2D eigenvalue weighted by atomic mass is 16.5. The summed E-state index contributed by atoms with van der Waals surface area (Å²) >= 11 is 0. The first kappa shape index (κ1) is 11.3. The molecule has 1 N–H and O–H groups in total. The highest BCUT2D eigenvalue weighted by Crippen LogP contribution is 2.32. The largest absolute Gasteiger partial charge is 0.508 e. The van der Waals surface area contributed by atoms with Crippen LogP contribution in [0.5, 0.6) is 5.75 Å². The standard InChI is InChI=1S/C14H16N2O2/c17-12-8-4-7-11(9-12)13-15-14(18-16-13)10-5-2-1-3-6-10/h4,7-10,17H,1-3,5-6H2. The highest BCUT2D eigenvalue weighted by Gasteiger charge is 2.21. The second-order valence-electron chi connectivity index (χ2n) is 4.84. The number of hydrogen-bond donors (Lipinski definition) is 1. The van der Waals surface area contributed by atoms with E-state index in [1.807, 2.05) is 6.07 Å². The van der Waals surface area contributed by atoms with Gasteiger partial charge in [0.05, 0.1) is 0 Å². The smallest absolute Gasteiger partial charge is 0.230 e. The molecule has 0 atom stereocenters. The number of nitrogens with zero attached hydrogens (tertiary/aromatic N) is 2. The van der Waals surface area contributed by atoms with Gasteiger partial charge in [0.25, 0.3) is 0 Å². The Hall–Kier alpha value is -1.84. The molecule has 0 bridgehead atoms. The molecule has 1 aliphatic rings. The van der Waals surface area contributed by atoms with Crippen molar-refractivity contribution >= 4 is 0 Å². The zero-order valence-electron chi connectivity index (χ0n) is 10.2. The van der Waals surface area contributed by atoms with Crippen molar-refractivity contribution in [2.75, 3.05) is 0 Å². The van der Waals surface area contributed by atoms with E-state index in [1.165, 1.54) is 19.3 Å². The lowest BCUT2D eigenvalue weighted by atomic mass is 9.89. The van der Waals surface area contributed by atoms with Crippen molar-refractivity contribution in [1.82, 2.24) is 10.1 Å². The van der Waals surface area contributed by atoms with E-state index in [9.17, 15) is 5.11 Å². The van der Waals surface area contributed by atoms with Crippen molar-refractivity contribution in [3.8, 4) is 17.1 Å². The van der Waals surface area contributed by atoms with Crippen LogP contribution in [-0.4, -0.2) is 15.2 Å². The number of hydrogen-bond acceptors (Lipinski definition) is 4. The van der Waals surface area contributed by atoms with E-state index in [4.69, 9.17) is 4.52 Å². The predicted molar refractivity (Wildman–Crippen MR) is 67.2 cm³/mol. The fourth-order valence-corrected chi connectivity index (χ4v) is 2.51. The molecule has 18 heavy (non-hydrogen) atoms. The van der Waals surface area contributed by atoms with Crippen molar-refractivity contribution in [2.45, 2.75) is 38.0 Å².